The van der Waals surface area contributed by atoms with E-state index in [1.807, 2.05) is 6.92 Å². The van der Waals surface area contributed by atoms with Crippen molar-refractivity contribution in [2.24, 2.45) is 5.92 Å². The van der Waals surface area contributed by atoms with Gasteiger partial charge in [0.1, 0.15) is 0 Å². The molecule has 1 rings (SSSR count). The SMILES string of the molecule is CC(C#N)CNCC1(O)CCC1. The smallest absolute Gasteiger partial charge is 0.0771 e. The van der Waals surface area contributed by atoms with Crippen LogP contribution in [-0.2, 0) is 0 Å². The van der Waals surface area contributed by atoms with Crippen LogP contribution in [0.4, 0.5) is 0 Å². The Kier molecular flexibility index (Phi) is 3.07. The van der Waals surface area contributed by atoms with Gasteiger partial charge in [-0.2, -0.15) is 5.26 Å². The highest BCUT2D eigenvalue weighted by Gasteiger charge is 2.33. The average molecular weight is 168 g/mol. The second kappa shape index (κ2) is 3.88. The number of hydrogen-bond acceptors (Lipinski definition) is 3. The lowest BCUT2D eigenvalue weighted by Crippen LogP contribution is -2.46. The third kappa shape index (κ3) is 2.47. The monoisotopic (exact) mass is 168 g/mol. The van der Waals surface area contributed by atoms with Gasteiger partial charge < -0.3 is 10.4 Å². The molecule has 1 aliphatic rings. The molecule has 1 fully saturated rings. The van der Waals surface area contributed by atoms with Gasteiger partial charge in [0.25, 0.3) is 0 Å². The van der Waals surface area contributed by atoms with Crippen molar-refractivity contribution in [2.45, 2.75) is 31.8 Å². The van der Waals surface area contributed by atoms with Gasteiger partial charge >= 0.3 is 0 Å². The third-order valence-corrected chi connectivity index (χ3v) is 2.41. The largest absolute Gasteiger partial charge is 0.389 e. The van der Waals surface area contributed by atoms with Gasteiger partial charge in [0.15, 0.2) is 0 Å². The van der Waals surface area contributed by atoms with Gasteiger partial charge in [-0.15, -0.1) is 0 Å². The van der Waals surface area contributed by atoms with Crippen LogP contribution in [0.15, 0.2) is 0 Å². The summed E-state index contributed by atoms with van der Waals surface area (Å²) < 4.78 is 0. The van der Waals surface area contributed by atoms with Crippen LogP contribution >= 0.6 is 0 Å². The maximum atomic E-state index is 9.65. The van der Waals surface area contributed by atoms with Crippen LogP contribution in [-0.4, -0.2) is 23.8 Å². The second-order valence-corrected chi connectivity index (χ2v) is 3.74. The molecule has 0 heterocycles. The van der Waals surface area contributed by atoms with E-state index in [1.54, 1.807) is 0 Å². The standard InChI is InChI=1S/C9H16N2O/c1-8(5-10)6-11-7-9(12)3-2-4-9/h8,11-12H,2-4,6-7H2,1H3. The molecule has 1 saturated carbocycles. The van der Waals surface area contributed by atoms with Crippen molar-refractivity contribution in [3.63, 3.8) is 0 Å². The molecule has 68 valence electrons. The predicted octanol–water partition coefficient (Wildman–Crippen LogP) is 0.651. The van der Waals surface area contributed by atoms with Crippen LogP contribution in [0.1, 0.15) is 26.2 Å². The zero-order valence-corrected chi connectivity index (χ0v) is 7.51. The summed E-state index contributed by atoms with van der Waals surface area (Å²) in [5.74, 6) is 0.0358. The van der Waals surface area contributed by atoms with Gasteiger partial charge in [0, 0.05) is 13.1 Å². The van der Waals surface area contributed by atoms with Crippen LogP contribution in [0.2, 0.25) is 0 Å². The molecule has 0 bridgehead atoms. The maximum absolute atomic E-state index is 9.65. The molecule has 0 aromatic carbocycles. The summed E-state index contributed by atoms with van der Waals surface area (Å²) in [4.78, 5) is 0. The van der Waals surface area contributed by atoms with Crippen LogP contribution in [0, 0.1) is 17.2 Å². The lowest BCUT2D eigenvalue weighted by molar-refractivity contribution is -0.0313. The minimum Gasteiger partial charge on any atom is -0.389 e. The molecular weight excluding hydrogens is 152 g/mol. The summed E-state index contributed by atoms with van der Waals surface area (Å²) in [6, 6.07) is 2.14. The van der Waals surface area contributed by atoms with Gasteiger partial charge in [0.05, 0.1) is 17.6 Å². The highest BCUT2D eigenvalue weighted by molar-refractivity contribution is 4.90. The van der Waals surface area contributed by atoms with Gasteiger partial charge in [-0.1, -0.05) is 0 Å². The van der Waals surface area contributed by atoms with E-state index < -0.39 is 5.60 Å². The van der Waals surface area contributed by atoms with Crippen molar-refractivity contribution in [1.82, 2.24) is 5.32 Å². The number of aliphatic hydroxyl groups is 1. The lowest BCUT2D eigenvalue weighted by Gasteiger charge is -2.36. The van der Waals surface area contributed by atoms with Crippen LogP contribution in [0.3, 0.4) is 0 Å². The minimum atomic E-state index is -0.463. The molecule has 1 atom stereocenters. The Morgan fingerprint density at radius 3 is 2.75 bits per heavy atom. The Morgan fingerprint density at radius 1 is 1.67 bits per heavy atom. The van der Waals surface area contributed by atoms with E-state index in [-0.39, 0.29) is 5.92 Å². The van der Waals surface area contributed by atoms with E-state index in [0.717, 1.165) is 19.3 Å². The molecule has 1 unspecified atom stereocenters. The Labute approximate surface area is 73.4 Å². The van der Waals surface area contributed by atoms with Crippen molar-refractivity contribution in [3.05, 3.63) is 0 Å². The minimum absolute atomic E-state index is 0.0358. The Bertz CT molecular complexity index is 181. The van der Waals surface area contributed by atoms with E-state index in [9.17, 15) is 5.11 Å². The van der Waals surface area contributed by atoms with Crippen molar-refractivity contribution in [3.8, 4) is 6.07 Å². The molecule has 0 aromatic rings. The van der Waals surface area contributed by atoms with E-state index in [2.05, 4.69) is 11.4 Å². The molecular formula is C9H16N2O. The Balaban J connectivity index is 2.06. The fourth-order valence-corrected chi connectivity index (χ4v) is 1.33. The summed E-state index contributed by atoms with van der Waals surface area (Å²) in [6.45, 7) is 3.19. The Morgan fingerprint density at radius 2 is 2.33 bits per heavy atom. The van der Waals surface area contributed by atoms with Gasteiger partial charge in [-0.3, -0.25) is 0 Å². The summed E-state index contributed by atoms with van der Waals surface area (Å²) in [7, 11) is 0. The number of nitriles is 1. The van der Waals surface area contributed by atoms with Gasteiger partial charge in [-0.05, 0) is 26.2 Å². The topological polar surface area (TPSA) is 56.0 Å². The van der Waals surface area contributed by atoms with Crippen molar-refractivity contribution >= 4 is 0 Å². The predicted molar refractivity (Wildman–Crippen MR) is 46.4 cm³/mol. The lowest BCUT2D eigenvalue weighted by atomic mass is 9.80. The van der Waals surface area contributed by atoms with E-state index >= 15 is 0 Å². The highest BCUT2D eigenvalue weighted by Crippen LogP contribution is 2.30. The molecule has 1 aliphatic carbocycles. The first-order valence-electron chi connectivity index (χ1n) is 4.49. The molecule has 0 aromatic heterocycles. The first-order valence-corrected chi connectivity index (χ1v) is 4.49. The van der Waals surface area contributed by atoms with Gasteiger partial charge in [-0.25, -0.2) is 0 Å². The zero-order chi connectivity index (χ0) is 9.03. The summed E-state index contributed by atoms with van der Waals surface area (Å²) >= 11 is 0. The third-order valence-electron chi connectivity index (χ3n) is 2.41. The maximum Gasteiger partial charge on any atom is 0.0771 e. The highest BCUT2D eigenvalue weighted by atomic mass is 16.3. The molecule has 3 heteroatoms. The Hall–Kier alpha value is -0.590. The molecule has 0 saturated heterocycles. The fraction of sp³-hybridized carbons (Fsp3) is 0.889. The summed E-state index contributed by atoms with van der Waals surface area (Å²) in [5, 5.41) is 21.2. The number of nitrogens with zero attached hydrogens (tertiary/aromatic N) is 1. The average Bonchev–Trinajstić information content (AvgIpc) is 2.01. The quantitative estimate of drug-likeness (QED) is 0.648. The first-order chi connectivity index (χ1) is 5.66. The fourth-order valence-electron chi connectivity index (χ4n) is 1.33. The molecule has 0 amide bonds. The van der Waals surface area contributed by atoms with E-state index in [0.29, 0.717) is 13.1 Å². The second-order valence-electron chi connectivity index (χ2n) is 3.74. The molecule has 3 nitrogen and oxygen atoms in total. The summed E-state index contributed by atoms with van der Waals surface area (Å²) in [6.07, 6.45) is 2.94. The van der Waals surface area contributed by atoms with Crippen LogP contribution < -0.4 is 5.32 Å². The van der Waals surface area contributed by atoms with Crippen molar-refractivity contribution in [1.29, 1.82) is 5.26 Å². The van der Waals surface area contributed by atoms with E-state index in [4.69, 9.17) is 5.26 Å². The molecule has 0 spiro atoms. The van der Waals surface area contributed by atoms with Crippen molar-refractivity contribution in [2.75, 3.05) is 13.1 Å². The molecule has 0 aliphatic heterocycles. The van der Waals surface area contributed by atoms with Gasteiger partial charge in [0.2, 0.25) is 0 Å². The molecule has 2 N–H and O–H groups in total. The zero-order valence-electron chi connectivity index (χ0n) is 7.51. The number of hydrogen-bond donors (Lipinski definition) is 2. The number of nitrogens with one attached hydrogen (secondary N) is 1. The molecule has 0 radical (unpaired) electrons. The molecule has 12 heavy (non-hydrogen) atoms. The van der Waals surface area contributed by atoms with Crippen molar-refractivity contribution < 1.29 is 5.11 Å². The normalized spacial score (nSPS) is 22.4. The van der Waals surface area contributed by atoms with E-state index in [1.165, 1.54) is 0 Å². The van der Waals surface area contributed by atoms with Crippen LogP contribution in [0.25, 0.3) is 0 Å². The number of rotatable bonds is 4. The first kappa shape index (κ1) is 9.50. The van der Waals surface area contributed by atoms with Crippen LogP contribution in [0.5, 0.6) is 0 Å². The summed E-state index contributed by atoms with van der Waals surface area (Å²) in [5.41, 5.74) is -0.463.